The number of alkyl halides is 3. The number of nitrogens with one attached hydrogen (secondary N) is 1. The van der Waals surface area contributed by atoms with Crippen molar-refractivity contribution in [1.29, 1.82) is 0 Å². The van der Waals surface area contributed by atoms with Gasteiger partial charge in [0.05, 0.1) is 0 Å². The number of H-pyrrole nitrogens is 1. The lowest BCUT2D eigenvalue weighted by Crippen LogP contribution is -2.30. The maximum absolute atomic E-state index is 13.1. The Labute approximate surface area is 162 Å². The summed E-state index contributed by atoms with van der Waals surface area (Å²) in [6, 6.07) is 6.82. The molecule has 2 N–H and O–H groups in total. The molecule has 1 heterocycles. The molecule has 1 aromatic carbocycles. The van der Waals surface area contributed by atoms with E-state index < -0.39 is 12.3 Å². The summed E-state index contributed by atoms with van der Waals surface area (Å²) < 4.78 is 39.9. The highest BCUT2D eigenvalue weighted by atomic mass is 79.9. The van der Waals surface area contributed by atoms with Crippen LogP contribution in [0.25, 0.3) is 24.8 Å². The molecule has 0 saturated carbocycles. The minimum atomic E-state index is -4.80. The molecule has 1 atom stereocenters. The van der Waals surface area contributed by atoms with Crippen LogP contribution in [0.15, 0.2) is 34.8 Å². The Hall–Kier alpha value is -1.76. The molecule has 0 spiro atoms. The second kappa shape index (κ2) is 8.29. The van der Waals surface area contributed by atoms with E-state index in [2.05, 4.69) is 27.5 Å². The van der Waals surface area contributed by atoms with Gasteiger partial charge in [-0.1, -0.05) is 58.4 Å². The second-order valence-electron chi connectivity index (χ2n) is 5.49. The molecule has 138 valence electrons. The van der Waals surface area contributed by atoms with E-state index in [1.807, 2.05) is 0 Å². The average molecular weight is 447 g/mol. The zero-order chi connectivity index (χ0) is 19.5. The van der Waals surface area contributed by atoms with Crippen LogP contribution in [0.3, 0.4) is 0 Å². The van der Waals surface area contributed by atoms with Crippen LogP contribution in [0.5, 0.6) is 0 Å². The zero-order valence-corrected chi connectivity index (χ0v) is 16.1. The molecule has 7 heteroatoms. The van der Waals surface area contributed by atoms with Crippen LogP contribution in [-0.4, -0.2) is 16.3 Å². The third-order valence-electron chi connectivity index (χ3n) is 3.66. The number of aromatic nitrogens is 1. The van der Waals surface area contributed by atoms with Gasteiger partial charge in [0.2, 0.25) is 0 Å². The van der Waals surface area contributed by atoms with Crippen molar-refractivity contribution in [3.63, 3.8) is 0 Å². The van der Waals surface area contributed by atoms with Gasteiger partial charge in [-0.25, -0.2) is 0 Å². The molecule has 0 aliphatic heterocycles. The van der Waals surface area contributed by atoms with E-state index >= 15 is 0 Å². The number of halogens is 5. The van der Waals surface area contributed by atoms with Crippen molar-refractivity contribution < 1.29 is 18.3 Å². The monoisotopic (exact) mass is 445 g/mol. The number of aromatic amines is 1. The lowest BCUT2D eigenvalue weighted by Gasteiger charge is -2.14. The van der Waals surface area contributed by atoms with Crippen molar-refractivity contribution in [3.8, 4) is 0 Å². The number of rotatable bonds is 4. The largest absolute Gasteiger partial charge is 0.418 e. The summed E-state index contributed by atoms with van der Waals surface area (Å²) in [5.74, 6) is 0. The van der Waals surface area contributed by atoms with Crippen LogP contribution in [0, 0.1) is 0 Å². The Morgan fingerprint density at radius 2 is 1.88 bits per heavy atom. The molecule has 0 bridgehead atoms. The molecule has 1 aromatic heterocycles. The number of allylic oxidation sites excluding steroid dienone is 2. The van der Waals surface area contributed by atoms with E-state index in [1.165, 1.54) is 6.08 Å². The summed E-state index contributed by atoms with van der Waals surface area (Å²) in [5, 5.41) is 10.8. The van der Waals surface area contributed by atoms with Gasteiger partial charge in [-0.05, 0) is 42.0 Å². The third-order valence-corrected chi connectivity index (χ3v) is 4.60. The van der Waals surface area contributed by atoms with Gasteiger partial charge in [0.15, 0.2) is 6.10 Å². The molecule has 2 aromatic rings. The van der Waals surface area contributed by atoms with Crippen LogP contribution < -0.4 is 10.6 Å². The standard InChI is InChI=1S/C19H16BrClF3NO/c1-3-13(20)10-16-11(2)17(18(26)19(22,23)24)15(25-16)9-6-12-4-7-14(21)8-5-12/h3-10,18,25-26H,2H2,1H3/b9-6+,13-3+,16-10+. The van der Waals surface area contributed by atoms with Gasteiger partial charge >= 0.3 is 6.18 Å². The highest BCUT2D eigenvalue weighted by Gasteiger charge is 2.41. The minimum Gasteiger partial charge on any atom is -0.379 e. The second-order valence-corrected chi connectivity index (χ2v) is 6.84. The van der Waals surface area contributed by atoms with E-state index in [9.17, 15) is 18.3 Å². The molecular formula is C19H16BrClF3NO. The zero-order valence-electron chi connectivity index (χ0n) is 13.7. The van der Waals surface area contributed by atoms with E-state index in [-0.39, 0.29) is 16.5 Å². The van der Waals surface area contributed by atoms with Crippen LogP contribution in [-0.2, 0) is 0 Å². The smallest absolute Gasteiger partial charge is 0.379 e. The van der Waals surface area contributed by atoms with Gasteiger partial charge in [0, 0.05) is 26.1 Å². The number of hydrogen-bond donors (Lipinski definition) is 2. The average Bonchev–Trinajstić information content (AvgIpc) is 2.88. The fourth-order valence-electron chi connectivity index (χ4n) is 2.30. The Morgan fingerprint density at radius 1 is 1.27 bits per heavy atom. The first-order chi connectivity index (χ1) is 12.1. The number of aliphatic hydroxyl groups excluding tert-OH is 1. The Bertz CT molecular complexity index is 943. The highest BCUT2D eigenvalue weighted by molar-refractivity contribution is 9.12. The summed E-state index contributed by atoms with van der Waals surface area (Å²) in [6.45, 7) is 5.48. The molecule has 0 aliphatic rings. The molecule has 2 rings (SSSR count). The van der Waals surface area contributed by atoms with Crippen molar-refractivity contribution >= 4 is 52.3 Å². The summed E-state index contributed by atoms with van der Waals surface area (Å²) in [5.41, 5.74) is 0.588. The minimum absolute atomic E-state index is 0.0874. The van der Waals surface area contributed by atoms with Gasteiger partial charge in [-0.3, -0.25) is 0 Å². The van der Waals surface area contributed by atoms with Crippen molar-refractivity contribution in [1.82, 2.24) is 4.98 Å². The van der Waals surface area contributed by atoms with Gasteiger partial charge in [0.1, 0.15) is 0 Å². The molecule has 0 amide bonds. The number of benzene rings is 1. The van der Waals surface area contributed by atoms with Gasteiger partial charge in [-0.15, -0.1) is 0 Å². The molecular weight excluding hydrogens is 431 g/mol. The summed E-state index contributed by atoms with van der Waals surface area (Å²) in [7, 11) is 0. The maximum atomic E-state index is 13.1. The predicted octanol–water partition coefficient (Wildman–Crippen LogP) is 4.92. The third kappa shape index (κ3) is 4.90. The SMILES string of the molecule is C=c1c(C(O)C(F)(F)F)c(/C=C/c2ccc(Cl)cc2)[nH]/c1=C/C(Br)=C\C. The first-order valence-corrected chi connectivity index (χ1v) is 8.73. The maximum Gasteiger partial charge on any atom is 0.418 e. The quantitative estimate of drug-likeness (QED) is 0.687. The van der Waals surface area contributed by atoms with Gasteiger partial charge in [-0.2, -0.15) is 13.2 Å². The molecule has 0 aliphatic carbocycles. The van der Waals surface area contributed by atoms with Crippen LogP contribution in [0.4, 0.5) is 13.2 Å². The van der Waals surface area contributed by atoms with E-state index in [1.54, 1.807) is 49.4 Å². The van der Waals surface area contributed by atoms with E-state index in [0.29, 0.717) is 14.9 Å². The Morgan fingerprint density at radius 3 is 2.42 bits per heavy atom. The summed E-state index contributed by atoms with van der Waals surface area (Å²) in [4.78, 5) is 2.89. The summed E-state index contributed by atoms with van der Waals surface area (Å²) >= 11 is 9.10. The molecule has 0 saturated heterocycles. The Kier molecular flexibility index (Phi) is 6.55. The normalized spacial score (nSPS) is 15.0. The van der Waals surface area contributed by atoms with Crippen LogP contribution >= 0.6 is 27.5 Å². The lowest BCUT2D eigenvalue weighted by molar-refractivity contribution is -0.207. The summed E-state index contributed by atoms with van der Waals surface area (Å²) in [6.07, 6.45) is -0.987. The molecule has 2 nitrogen and oxygen atoms in total. The first-order valence-electron chi connectivity index (χ1n) is 7.56. The molecule has 0 fully saturated rings. The van der Waals surface area contributed by atoms with Crippen molar-refractivity contribution in [3.05, 3.63) is 67.2 Å². The van der Waals surface area contributed by atoms with E-state index in [0.717, 1.165) is 5.56 Å². The molecule has 0 radical (unpaired) electrons. The number of aliphatic hydroxyl groups is 1. The predicted molar refractivity (Wildman–Crippen MR) is 104 cm³/mol. The van der Waals surface area contributed by atoms with Crippen molar-refractivity contribution in [2.75, 3.05) is 0 Å². The van der Waals surface area contributed by atoms with Gasteiger partial charge in [0.25, 0.3) is 0 Å². The topological polar surface area (TPSA) is 36.0 Å². The fraction of sp³-hybridized carbons (Fsp3) is 0.158. The van der Waals surface area contributed by atoms with E-state index in [4.69, 9.17) is 11.6 Å². The molecule has 1 unspecified atom stereocenters. The van der Waals surface area contributed by atoms with Gasteiger partial charge < -0.3 is 10.1 Å². The van der Waals surface area contributed by atoms with Crippen molar-refractivity contribution in [2.24, 2.45) is 0 Å². The van der Waals surface area contributed by atoms with Crippen molar-refractivity contribution in [2.45, 2.75) is 19.2 Å². The number of hydrogen-bond acceptors (Lipinski definition) is 1. The Balaban J connectivity index is 2.59. The van der Waals surface area contributed by atoms with Crippen LogP contribution in [0.1, 0.15) is 29.8 Å². The first kappa shape index (κ1) is 20.6. The lowest BCUT2D eigenvalue weighted by atomic mass is 10.1. The highest BCUT2D eigenvalue weighted by Crippen LogP contribution is 2.32. The van der Waals surface area contributed by atoms with Crippen LogP contribution in [0.2, 0.25) is 5.02 Å². The molecule has 26 heavy (non-hydrogen) atoms. The fourth-order valence-corrected chi connectivity index (χ4v) is 2.66.